The van der Waals surface area contributed by atoms with Gasteiger partial charge in [0.25, 0.3) is 0 Å². The SMILES string of the molecule is C=C(C)N1CCC[C@H]1c1nc(-c2cccc3c2ccn3CCCCCCCC)no1. The van der Waals surface area contributed by atoms with Crippen LogP contribution in [-0.4, -0.2) is 26.2 Å². The van der Waals surface area contributed by atoms with Gasteiger partial charge < -0.3 is 14.0 Å². The Labute approximate surface area is 179 Å². The van der Waals surface area contributed by atoms with Crippen molar-refractivity contribution in [1.29, 1.82) is 0 Å². The lowest BCUT2D eigenvalue weighted by Gasteiger charge is -2.23. The molecule has 30 heavy (non-hydrogen) atoms. The van der Waals surface area contributed by atoms with Crippen LogP contribution in [0.3, 0.4) is 0 Å². The van der Waals surface area contributed by atoms with Crippen LogP contribution in [0.15, 0.2) is 47.3 Å². The standard InChI is InChI=1S/C25H34N4O/c1-4-5-6-7-8-9-16-28-18-15-20-21(12-10-13-22(20)28)24-26-25(30-27-24)23-14-11-17-29(23)19(2)3/h10,12-13,15,18,23H,2,4-9,11,14,16-17H2,1,3H3/t23-/m0/s1. The van der Waals surface area contributed by atoms with Crippen molar-refractivity contribution in [3.63, 3.8) is 0 Å². The van der Waals surface area contributed by atoms with E-state index in [2.05, 4.69) is 58.6 Å². The molecule has 0 spiro atoms. The third-order valence-corrected chi connectivity index (χ3v) is 6.28. The zero-order valence-corrected chi connectivity index (χ0v) is 18.4. The molecule has 3 heterocycles. The Morgan fingerprint density at radius 1 is 1.17 bits per heavy atom. The average molecular weight is 407 g/mol. The molecule has 1 aromatic carbocycles. The fourth-order valence-electron chi connectivity index (χ4n) is 4.64. The predicted molar refractivity (Wildman–Crippen MR) is 122 cm³/mol. The van der Waals surface area contributed by atoms with Crippen LogP contribution >= 0.6 is 0 Å². The summed E-state index contributed by atoms with van der Waals surface area (Å²) in [6, 6.07) is 8.73. The van der Waals surface area contributed by atoms with Gasteiger partial charge in [-0.3, -0.25) is 0 Å². The molecule has 0 bridgehead atoms. The molecule has 4 rings (SSSR count). The number of rotatable bonds is 10. The highest BCUT2D eigenvalue weighted by Gasteiger charge is 2.30. The van der Waals surface area contributed by atoms with Crippen molar-refractivity contribution in [3.8, 4) is 11.4 Å². The molecular formula is C25H34N4O. The topological polar surface area (TPSA) is 47.1 Å². The molecule has 2 aromatic heterocycles. The molecule has 1 aliphatic rings. The first-order valence-corrected chi connectivity index (χ1v) is 11.5. The second-order valence-electron chi connectivity index (χ2n) is 8.56. The van der Waals surface area contributed by atoms with E-state index in [0.29, 0.717) is 11.7 Å². The van der Waals surface area contributed by atoms with Gasteiger partial charge in [-0.1, -0.05) is 62.9 Å². The summed E-state index contributed by atoms with van der Waals surface area (Å²) in [5, 5.41) is 5.53. The molecule has 0 aliphatic carbocycles. The minimum Gasteiger partial charge on any atom is -0.364 e. The number of allylic oxidation sites excluding steroid dienone is 1. The Morgan fingerprint density at radius 3 is 2.83 bits per heavy atom. The molecule has 5 heteroatoms. The minimum absolute atomic E-state index is 0.153. The molecule has 0 N–H and O–H groups in total. The molecule has 0 amide bonds. The Morgan fingerprint density at radius 2 is 2.00 bits per heavy atom. The highest BCUT2D eigenvalue weighted by atomic mass is 16.5. The number of hydrogen-bond acceptors (Lipinski definition) is 4. The van der Waals surface area contributed by atoms with Crippen molar-refractivity contribution in [2.24, 2.45) is 0 Å². The van der Waals surface area contributed by atoms with Crippen LogP contribution in [-0.2, 0) is 6.54 Å². The molecule has 1 aliphatic heterocycles. The summed E-state index contributed by atoms with van der Waals surface area (Å²) in [5.74, 6) is 1.38. The maximum absolute atomic E-state index is 5.70. The van der Waals surface area contributed by atoms with Gasteiger partial charge in [0.15, 0.2) is 0 Å². The van der Waals surface area contributed by atoms with Crippen molar-refractivity contribution in [3.05, 3.63) is 48.6 Å². The number of nitrogens with zero attached hydrogens (tertiary/aromatic N) is 4. The molecule has 1 atom stereocenters. The van der Waals surface area contributed by atoms with E-state index < -0.39 is 0 Å². The maximum atomic E-state index is 5.70. The lowest BCUT2D eigenvalue weighted by molar-refractivity contribution is 0.252. The van der Waals surface area contributed by atoms with Crippen molar-refractivity contribution >= 4 is 10.9 Å². The van der Waals surface area contributed by atoms with Crippen LogP contribution in [0.25, 0.3) is 22.3 Å². The average Bonchev–Trinajstić information content (AvgIpc) is 3.49. The smallest absolute Gasteiger partial charge is 0.249 e. The van der Waals surface area contributed by atoms with Gasteiger partial charge in [-0.05, 0) is 38.3 Å². The Hall–Kier alpha value is -2.56. The maximum Gasteiger partial charge on any atom is 0.249 e. The number of benzene rings is 1. The van der Waals surface area contributed by atoms with Crippen molar-refractivity contribution in [2.75, 3.05) is 6.54 Å². The Kier molecular flexibility index (Phi) is 6.56. The molecule has 1 fully saturated rings. The molecular weight excluding hydrogens is 372 g/mol. The van der Waals surface area contributed by atoms with Gasteiger partial charge in [-0.2, -0.15) is 4.98 Å². The number of unbranched alkanes of at least 4 members (excludes halogenated alkanes) is 5. The minimum atomic E-state index is 0.153. The van der Waals surface area contributed by atoms with Crippen LogP contribution in [0, 0.1) is 0 Å². The van der Waals surface area contributed by atoms with Gasteiger partial charge in [-0.15, -0.1) is 0 Å². The highest BCUT2D eigenvalue weighted by Crippen LogP contribution is 2.35. The lowest BCUT2D eigenvalue weighted by Crippen LogP contribution is -2.20. The third-order valence-electron chi connectivity index (χ3n) is 6.28. The molecule has 5 nitrogen and oxygen atoms in total. The van der Waals surface area contributed by atoms with E-state index in [0.717, 1.165) is 37.2 Å². The summed E-state index contributed by atoms with van der Waals surface area (Å²) in [6.45, 7) is 10.5. The fraction of sp³-hybridized carbons (Fsp3) is 0.520. The largest absolute Gasteiger partial charge is 0.364 e. The van der Waals surface area contributed by atoms with E-state index >= 15 is 0 Å². The first-order valence-electron chi connectivity index (χ1n) is 11.5. The van der Waals surface area contributed by atoms with E-state index in [1.54, 1.807) is 0 Å². The summed E-state index contributed by atoms with van der Waals surface area (Å²) >= 11 is 0. The molecule has 160 valence electrons. The second-order valence-corrected chi connectivity index (χ2v) is 8.56. The van der Waals surface area contributed by atoms with Gasteiger partial charge in [0.1, 0.15) is 6.04 Å². The van der Waals surface area contributed by atoms with E-state index in [1.807, 2.05) is 6.92 Å². The fourth-order valence-corrected chi connectivity index (χ4v) is 4.64. The zero-order valence-electron chi connectivity index (χ0n) is 18.4. The lowest BCUT2D eigenvalue weighted by atomic mass is 10.1. The summed E-state index contributed by atoms with van der Waals surface area (Å²) < 4.78 is 8.06. The van der Waals surface area contributed by atoms with Crippen LogP contribution in [0.4, 0.5) is 0 Å². The molecule has 0 saturated carbocycles. The number of likely N-dealkylation sites (tertiary alicyclic amines) is 1. The van der Waals surface area contributed by atoms with Crippen molar-refractivity contribution in [1.82, 2.24) is 19.6 Å². The molecule has 0 unspecified atom stereocenters. The first kappa shape index (κ1) is 20.7. The number of fused-ring (bicyclic) bond motifs is 1. The van der Waals surface area contributed by atoms with Gasteiger partial charge in [-0.25, -0.2) is 0 Å². The monoisotopic (exact) mass is 406 g/mol. The van der Waals surface area contributed by atoms with Gasteiger partial charge in [0.05, 0.1) is 0 Å². The number of aryl methyl sites for hydroxylation is 1. The zero-order chi connectivity index (χ0) is 20.9. The Balaban J connectivity index is 1.49. The van der Waals surface area contributed by atoms with E-state index in [4.69, 9.17) is 9.51 Å². The molecule has 3 aromatic rings. The summed E-state index contributed by atoms with van der Waals surface area (Å²) in [4.78, 5) is 7.06. The van der Waals surface area contributed by atoms with Crippen LogP contribution in [0.5, 0.6) is 0 Å². The van der Waals surface area contributed by atoms with Crippen LogP contribution in [0.2, 0.25) is 0 Å². The summed E-state index contributed by atoms with van der Waals surface area (Å²) in [5.41, 5.74) is 3.35. The quantitative estimate of drug-likeness (QED) is 0.351. The van der Waals surface area contributed by atoms with Crippen LogP contribution < -0.4 is 0 Å². The van der Waals surface area contributed by atoms with Crippen molar-refractivity contribution in [2.45, 2.75) is 77.8 Å². The van der Waals surface area contributed by atoms with Gasteiger partial charge >= 0.3 is 0 Å². The van der Waals surface area contributed by atoms with E-state index in [-0.39, 0.29) is 6.04 Å². The van der Waals surface area contributed by atoms with E-state index in [1.165, 1.54) is 49.4 Å². The highest BCUT2D eigenvalue weighted by molar-refractivity contribution is 5.93. The normalized spacial score (nSPS) is 16.6. The van der Waals surface area contributed by atoms with Gasteiger partial charge in [0, 0.05) is 41.4 Å². The second kappa shape index (κ2) is 9.50. The first-order chi connectivity index (χ1) is 14.7. The molecule has 1 saturated heterocycles. The number of hydrogen-bond donors (Lipinski definition) is 0. The predicted octanol–water partition coefficient (Wildman–Crippen LogP) is 6.72. The van der Waals surface area contributed by atoms with Crippen LogP contribution in [0.1, 0.15) is 77.1 Å². The molecule has 0 radical (unpaired) electrons. The van der Waals surface area contributed by atoms with Crippen molar-refractivity contribution < 1.29 is 4.52 Å². The van der Waals surface area contributed by atoms with Gasteiger partial charge in [0.2, 0.25) is 11.7 Å². The Bertz CT molecular complexity index is 986. The number of aromatic nitrogens is 3. The summed E-state index contributed by atoms with van der Waals surface area (Å²) in [6.07, 6.45) is 12.2. The summed E-state index contributed by atoms with van der Waals surface area (Å²) in [7, 11) is 0. The van der Waals surface area contributed by atoms with E-state index in [9.17, 15) is 0 Å². The third kappa shape index (κ3) is 4.30.